The molecule has 1 amide bonds. The molecular weight excluding hydrogens is 446 g/mol. The number of hydrogen-bond acceptors (Lipinski definition) is 5. The molecule has 2 aromatic rings. The number of amides is 1. The smallest absolute Gasteiger partial charge is 0.419 e. The van der Waals surface area contributed by atoms with Gasteiger partial charge in [0, 0.05) is 12.0 Å². The first-order chi connectivity index (χ1) is 15.7. The van der Waals surface area contributed by atoms with E-state index in [1.54, 1.807) is 0 Å². The van der Waals surface area contributed by atoms with Crippen LogP contribution in [0, 0.1) is 0 Å². The molecule has 3 rings (SSSR count). The summed E-state index contributed by atoms with van der Waals surface area (Å²) >= 11 is 0. The second-order valence-electron chi connectivity index (χ2n) is 8.06. The third-order valence-electron chi connectivity index (χ3n) is 5.52. The maximum absolute atomic E-state index is 13.7. The topological polar surface area (TPSA) is 88.7 Å². The largest absolute Gasteiger partial charge is 0.493 e. The summed E-state index contributed by atoms with van der Waals surface area (Å²) in [6.45, 7) is 1.96. The van der Waals surface area contributed by atoms with Crippen molar-refractivity contribution in [1.82, 2.24) is 15.0 Å². The second kappa shape index (κ2) is 10.8. The number of benzene rings is 1. The maximum Gasteiger partial charge on any atom is 0.419 e. The van der Waals surface area contributed by atoms with Crippen molar-refractivity contribution in [2.45, 2.75) is 70.3 Å². The van der Waals surface area contributed by atoms with Gasteiger partial charge in [-0.05, 0) is 24.6 Å². The summed E-state index contributed by atoms with van der Waals surface area (Å²) in [7, 11) is 0. The molecule has 0 unspecified atom stereocenters. The molecule has 7 nitrogen and oxygen atoms in total. The van der Waals surface area contributed by atoms with E-state index in [9.17, 15) is 27.5 Å². The summed E-state index contributed by atoms with van der Waals surface area (Å²) in [5.74, 6) is -0.591. The molecule has 33 heavy (non-hydrogen) atoms. The number of ether oxygens (including phenoxy) is 1. The van der Waals surface area contributed by atoms with Crippen LogP contribution in [0.5, 0.6) is 5.75 Å². The Morgan fingerprint density at radius 3 is 2.67 bits per heavy atom. The molecule has 182 valence electrons. The molecular formula is C22H27F4N3O4. The quantitative estimate of drug-likeness (QED) is 0.324. The molecule has 0 spiro atoms. The molecule has 0 bridgehead atoms. The van der Waals surface area contributed by atoms with Crippen molar-refractivity contribution in [3.63, 3.8) is 0 Å². The van der Waals surface area contributed by atoms with E-state index in [2.05, 4.69) is 17.1 Å². The van der Waals surface area contributed by atoms with E-state index in [0.717, 1.165) is 43.1 Å². The van der Waals surface area contributed by atoms with Crippen LogP contribution in [0.25, 0.3) is 11.4 Å². The van der Waals surface area contributed by atoms with Crippen LogP contribution >= 0.6 is 0 Å². The average Bonchev–Trinajstić information content (AvgIpc) is 3.39. The van der Waals surface area contributed by atoms with E-state index >= 15 is 0 Å². The monoisotopic (exact) mass is 473 g/mol. The van der Waals surface area contributed by atoms with Gasteiger partial charge in [-0.1, -0.05) is 44.2 Å². The minimum atomic E-state index is -4.66. The van der Waals surface area contributed by atoms with Crippen LogP contribution in [0.3, 0.4) is 0 Å². The SMILES string of the molecule is CCCCCCCCOc1ccc(-c2noc([C@@H]3C[C@H](F)CN3C(=O)O)n2)cc1C(F)(F)F. The Morgan fingerprint density at radius 1 is 1.24 bits per heavy atom. The summed E-state index contributed by atoms with van der Waals surface area (Å²) in [6.07, 6.45) is -1.62. The van der Waals surface area contributed by atoms with E-state index in [1.165, 1.54) is 12.1 Å². The number of alkyl halides is 4. The molecule has 11 heteroatoms. The summed E-state index contributed by atoms with van der Waals surface area (Å²) in [4.78, 5) is 16.2. The minimum Gasteiger partial charge on any atom is -0.493 e. The molecule has 1 aliphatic rings. The van der Waals surface area contributed by atoms with Gasteiger partial charge in [-0.15, -0.1) is 0 Å². The van der Waals surface area contributed by atoms with Crippen molar-refractivity contribution in [2.24, 2.45) is 0 Å². The third kappa shape index (κ3) is 6.35. The molecule has 0 radical (unpaired) electrons. The van der Waals surface area contributed by atoms with Gasteiger partial charge in [0.15, 0.2) is 0 Å². The molecule has 1 aromatic heterocycles. The Bertz CT molecular complexity index is 935. The van der Waals surface area contributed by atoms with E-state index in [4.69, 9.17) is 9.26 Å². The molecule has 2 heterocycles. The summed E-state index contributed by atoms with van der Waals surface area (Å²) in [6, 6.07) is 2.47. The molecule has 0 saturated carbocycles. The van der Waals surface area contributed by atoms with Crippen LogP contribution in [0.2, 0.25) is 0 Å². The van der Waals surface area contributed by atoms with Gasteiger partial charge in [-0.2, -0.15) is 18.2 Å². The van der Waals surface area contributed by atoms with E-state index in [-0.39, 0.29) is 42.6 Å². The van der Waals surface area contributed by atoms with Crippen LogP contribution in [-0.2, 0) is 6.18 Å². The maximum atomic E-state index is 13.7. The summed E-state index contributed by atoms with van der Waals surface area (Å²) in [5, 5.41) is 12.9. The third-order valence-corrected chi connectivity index (χ3v) is 5.52. The normalized spacial score (nSPS) is 18.6. The molecule has 1 aromatic carbocycles. The Labute approximate surface area is 188 Å². The van der Waals surface area contributed by atoms with Gasteiger partial charge in [0.25, 0.3) is 0 Å². The van der Waals surface area contributed by atoms with Crippen molar-refractivity contribution in [1.29, 1.82) is 0 Å². The number of hydrogen-bond donors (Lipinski definition) is 1. The Morgan fingerprint density at radius 2 is 1.97 bits per heavy atom. The highest BCUT2D eigenvalue weighted by Gasteiger charge is 2.40. The average molecular weight is 473 g/mol. The number of likely N-dealkylation sites (tertiary alicyclic amines) is 1. The van der Waals surface area contributed by atoms with Crippen LogP contribution in [0.4, 0.5) is 22.4 Å². The molecule has 1 saturated heterocycles. The molecule has 0 aliphatic carbocycles. The number of aromatic nitrogens is 2. The van der Waals surface area contributed by atoms with Gasteiger partial charge < -0.3 is 14.4 Å². The number of halogens is 4. The lowest BCUT2D eigenvalue weighted by Crippen LogP contribution is -2.29. The zero-order chi connectivity index (χ0) is 24.0. The predicted molar refractivity (Wildman–Crippen MR) is 111 cm³/mol. The molecule has 1 aliphatic heterocycles. The lowest BCUT2D eigenvalue weighted by molar-refractivity contribution is -0.138. The minimum absolute atomic E-state index is 0.0286. The number of nitrogens with zero attached hydrogens (tertiary/aromatic N) is 3. The van der Waals surface area contributed by atoms with Gasteiger partial charge in [0.1, 0.15) is 18.0 Å². The van der Waals surface area contributed by atoms with Crippen LogP contribution in [0.1, 0.15) is 69.4 Å². The predicted octanol–water partition coefficient (Wildman–Crippen LogP) is 6.26. The highest BCUT2D eigenvalue weighted by atomic mass is 19.4. The standard InChI is InChI=1S/C22H27F4N3O4/c1-2-3-4-5-6-7-10-32-18-9-8-14(11-16(18)22(24,25)26)19-27-20(33-28-19)17-12-15(23)13-29(17)21(30)31/h8-9,11,15,17H,2-7,10,12-13H2,1H3,(H,30,31)/t15-,17-/m0/s1. The van der Waals surface area contributed by atoms with Gasteiger partial charge in [0.05, 0.1) is 18.7 Å². The fraction of sp³-hybridized carbons (Fsp3) is 0.591. The molecule has 2 atom stereocenters. The Balaban J connectivity index is 1.72. The number of carboxylic acid groups (broad SMARTS) is 1. The van der Waals surface area contributed by atoms with Crippen molar-refractivity contribution in [3.05, 3.63) is 29.7 Å². The number of rotatable bonds is 10. The van der Waals surface area contributed by atoms with E-state index in [1.807, 2.05) is 0 Å². The van der Waals surface area contributed by atoms with Crippen LogP contribution < -0.4 is 4.74 Å². The van der Waals surface area contributed by atoms with Crippen LogP contribution in [0.15, 0.2) is 22.7 Å². The zero-order valence-electron chi connectivity index (χ0n) is 18.3. The lowest BCUT2D eigenvalue weighted by Gasteiger charge is -2.16. The van der Waals surface area contributed by atoms with Crippen molar-refractivity contribution in [3.8, 4) is 17.1 Å². The highest BCUT2D eigenvalue weighted by Crippen LogP contribution is 2.39. The summed E-state index contributed by atoms with van der Waals surface area (Å²) in [5.41, 5.74) is -0.935. The van der Waals surface area contributed by atoms with Crippen LogP contribution in [-0.4, -0.2) is 45.6 Å². The van der Waals surface area contributed by atoms with Gasteiger partial charge in [0.2, 0.25) is 11.7 Å². The lowest BCUT2D eigenvalue weighted by atomic mass is 10.1. The van der Waals surface area contributed by atoms with Crippen molar-refractivity contribution < 1.29 is 36.7 Å². The summed E-state index contributed by atoms with van der Waals surface area (Å²) < 4.78 is 65.1. The second-order valence-corrected chi connectivity index (χ2v) is 8.06. The Kier molecular flexibility index (Phi) is 8.15. The zero-order valence-corrected chi connectivity index (χ0v) is 18.3. The first-order valence-corrected chi connectivity index (χ1v) is 11.0. The fourth-order valence-corrected chi connectivity index (χ4v) is 3.80. The van der Waals surface area contributed by atoms with E-state index < -0.39 is 30.0 Å². The van der Waals surface area contributed by atoms with Gasteiger partial charge in [-0.25, -0.2) is 9.18 Å². The van der Waals surface area contributed by atoms with Crippen molar-refractivity contribution in [2.75, 3.05) is 13.2 Å². The Hall–Kier alpha value is -2.85. The van der Waals surface area contributed by atoms with Gasteiger partial charge in [-0.3, -0.25) is 4.90 Å². The molecule has 1 N–H and O–H groups in total. The fourth-order valence-electron chi connectivity index (χ4n) is 3.80. The van der Waals surface area contributed by atoms with Gasteiger partial charge >= 0.3 is 12.3 Å². The molecule has 1 fully saturated rings. The number of unbranched alkanes of at least 4 members (excludes halogenated alkanes) is 5. The van der Waals surface area contributed by atoms with Crippen molar-refractivity contribution >= 4 is 6.09 Å². The number of carbonyl (C=O) groups is 1. The first kappa shape index (κ1) is 24.8. The highest BCUT2D eigenvalue weighted by molar-refractivity contribution is 5.66. The van der Waals surface area contributed by atoms with E-state index in [0.29, 0.717) is 6.42 Å². The first-order valence-electron chi connectivity index (χ1n) is 11.0.